The fraction of sp³-hybridized carbons (Fsp3) is 0.0714. The highest BCUT2D eigenvalue weighted by Crippen LogP contribution is 2.41. The number of phenolic OH excluding ortho intramolecular Hbond substituents is 12. The second kappa shape index (κ2) is 37.1. The summed E-state index contributed by atoms with van der Waals surface area (Å²) in [5.74, 6) is -5.36. The van der Waals surface area contributed by atoms with Gasteiger partial charge in [-0.3, -0.25) is 28.8 Å². The number of anilines is 12. The molecule has 30 N–H and O–H groups in total. The lowest BCUT2D eigenvalue weighted by Gasteiger charge is -2.19. The molecule has 12 aromatic carbocycles. The molecule has 0 saturated heterocycles. The number of rotatable bonds is 15. The Morgan fingerprint density at radius 1 is 0.228 bits per heavy atom. The Labute approximate surface area is 652 Å². The first-order valence-electron chi connectivity index (χ1n) is 33.8. The molecule has 0 unspecified atom stereocenters. The fourth-order valence-corrected chi connectivity index (χ4v) is 11.0. The van der Waals surface area contributed by atoms with E-state index in [9.17, 15) is 90.0 Å². The first-order valence-corrected chi connectivity index (χ1v) is 33.8. The van der Waals surface area contributed by atoms with Crippen molar-refractivity contribution in [2.75, 3.05) is 109 Å². The number of ketones is 6. The van der Waals surface area contributed by atoms with Crippen molar-refractivity contribution in [3.8, 4) is 69.0 Å². The standard InChI is InChI=1S/3C15H16N2O3.3C13H12N2O3/c1-17(2)11-7-9(16)8-13(19)14(11)15(20)10-5-3-4-6-12(10)18;1-17(2)12-7-10(14(19)8-11(12)16)15(20)9-5-3-4-6-13(9)18;1-17(2)13-11(16)8-7-10(15(13)20)14(19)9-5-3-4-6-12(9)18;14-7-5-9(15)12(11(17)6-7)13(18)8-3-1-2-4-10(8)16;14-9-5-8(12(17)6-10(9)15)13(18)7-3-1-2-4-11(7)16;14-9-6-5-8(13(18)11(9)15)12(17)7-3-1-2-4-10(7)16/h2*3-8,18-19H,16H2,1-2H3;3-8,18,20H,16H2,1-2H3;2*1-6,16-17H,14-15H2;1-6,16,18H,14-15H2. The number of aromatic hydroxyl groups is 12. The maximum absolute atomic E-state index is 12.5. The second-order valence-corrected chi connectivity index (χ2v) is 25.5. The Morgan fingerprint density at radius 2 is 0.535 bits per heavy atom. The molecule has 0 fully saturated rings. The van der Waals surface area contributed by atoms with Gasteiger partial charge < -0.3 is 128 Å². The number of nitrogen functional groups attached to an aromatic ring is 9. The Morgan fingerprint density at radius 3 is 0.904 bits per heavy atom. The molecule has 0 bridgehead atoms. The number of nitrogens with two attached hydrogens (primary N) is 9. The summed E-state index contributed by atoms with van der Waals surface area (Å²) in [6.07, 6.45) is 0. The summed E-state index contributed by atoms with van der Waals surface area (Å²) >= 11 is 0. The van der Waals surface area contributed by atoms with Gasteiger partial charge in [-0.25, -0.2) is 0 Å². The van der Waals surface area contributed by atoms with E-state index in [1.54, 1.807) is 142 Å². The van der Waals surface area contributed by atoms with E-state index in [0.717, 1.165) is 0 Å². The molecule has 0 aliphatic carbocycles. The molecule has 30 heteroatoms. The summed E-state index contributed by atoms with van der Waals surface area (Å²) in [6, 6.07) is 53.5. The van der Waals surface area contributed by atoms with Crippen LogP contribution in [-0.2, 0) is 0 Å². The van der Waals surface area contributed by atoms with Crippen molar-refractivity contribution in [1.82, 2.24) is 0 Å². The van der Waals surface area contributed by atoms with Gasteiger partial charge in [-0.2, -0.15) is 0 Å². The van der Waals surface area contributed by atoms with Crippen LogP contribution in [0.4, 0.5) is 68.2 Å². The molecular formula is C84H84N12O18. The van der Waals surface area contributed by atoms with Crippen LogP contribution < -0.4 is 66.3 Å². The van der Waals surface area contributed by atoms with E-state index in [2.05, 4.69) is 0 Å². The van der Waals surface area contributed by atoms with Gasteiger partial charge in [0.25, 0.3) is 0 Å². The molecule has 0 aromatic heterocycles. The van der Waals surface area contributed by atoms with Crippen molar-refractivity contribution in [2.45, 2.75) is 0 Å². The van der Waals surface area contributed by atoms with Crippen LogP contribution in [0.5, 0.6) is 69.0 Å². The number of hydrogen-bond acceptors (Lipinski definition) is 30. The maximum atomic E-state index is 12.5. The highest BCUT2D eigenvalue weighted by Gasteiger charge is 2.27. The van der Waals surface area contributed by atoms with Crippen LogP contribution in [0.3, 0.4) is 0 Å². The van der Waals surface area contributed by atoms with E-state index >= 15 is 0 Å². The van der Waals surface area contributed by atoms with Gasteiger partial charge >= 0.3 is 0 Å². The van der Waals surface area contributed by atoms with E-state index in [1.807, 2.05) is 0 Å². The van der Waals surface area contributed by atoms with E-state index in [0.29, 0.717) is 34.1 Å². The molecule has 114 heavy (non-hydrogen) atoms. The topological polar surface area (TPSA) is 589 Å². The average molecular weight is 1550 g/mol. The number of benzene rings is 12. The van der Waals surface area contributed by atoms with Gasteiger partial charge in [-0.05, 0) is 121 Å². The lowest BCUT2D eigenvalue weighted by Crippen LogP contribution is -2.15. The number of para-hydroxylation sites is 6. The zero-order valence-electron chi connectivity index (χ0n) is 62.1. The van der Waals surface area contributed by atoms with Gasteiger partial charge in [-0.1, -0.05) is 72.8 Å². The van der Waals surface area contributed by atoms with Gasteiger partial charge in [-0.15, -0.1) is 0 Å². The van der Waals surface area contributed by atoms with Crippen molar-refractivity contribution < 1.29 is 90.0 Å². The zero-order chi connectivity index (χ0) is 84.4. The third kappa shape index (κ3) is 20.0. The third-order valence-electron chi connectivity index (χ3n) is 16.8. The molecule has 12 rings (SSSR count). The lowest BCUT2D eigenvalue weighted by atomic mass is 9.99. The normalized spacial score (nSPS) is 10.3. The molecule has 30 nitrogen and oxygen atoms in total. The predicted molar refractivity (Wildman–Crippen MR) is 441 cm³/mol. The summed E-state index contributed by atoms with van der Waals surface area (Å²) in [4.78, 5) is 78.8. The largest absolute Gasteiger partial charge is 0.507 e. The van der Waals surface area contributed by atoms with Gasteiger partial charge in [0, 0.05) is 83.6 Å². The minimum absolute atomic E-state index is 0.00296. The summed E-state index contributed by atoms with van der Waals surface area (Å²) < 4.78 is 0. The van der Waals surface area contributed by atoms with E-state index < -0.39 is 34.7 Å². The Balaban J connectivity index is 0.000000190. The number of phenols is 12. The summed E-state index contributed by atoms with van der Waals surface area (Å²) in [5.41, 5.74) is 55.0. The highest BCUT2D eigenvalue weighted by atomic mass is 16.3. The molecule has 0 heterocycles. The van der Waals surface area contributed by atoms with Crippen molar-refractivity contribution in [2.24, 2.45) is 0 Å². The van der Waals surface area contributed by atoms with Gasteiger partial charge in [0.15, 0.2) is 11.5 Å². The number of nitrogens with zero attached hydrogens (tertiary/aromatic N) is 3. The smallest absolute Gasteiger partial charge is 0.202 e. The van der Waals surface area contributed by atoms with Crippen molar-refractivity contribution >= 4 is 103 Å². The van der Waals surface area contributed by atoms with Gasteiger partial charge in [0.05, 0.1) is 112 Å². The quantitative estimate of drug-likeness (QED) is 0.0196. The summed E-state index contributed by atoms with van der Waals surface area (Å²) in [7, 11) is 10.5. The fourth-order valence-electron chi connectivity index (χ4n) is 11.0. The first kappa shape index (κ1) is 85.1. The van der Waals surface area contributed by atoms with Crippen LogP contribution in [0, 0.1) is 0 Å². The molecule has 0 saturated carbocycles. The van der Waals surface area contributed by atoms with E-state index in [4.69, 9.17) is 51.6 Å². The predicted octanol–water partition coefficient (Wildman–Crippen LogP) is 10.4. The van der Waals surface area contributed by atoms with Gasteiger partial charge in [0.1, 0.15) is 63.2 Å². The molecule has 0 atom stereocenters. The molecular weight excluding hydrogens is 1460 g/mol. The minimum Gasteiger partial charge on any atom is -0.507 e. The molecule has 0 radical (unpaired) electrons. The molecule has 0 amide bonds. The second-order valence-electron chi connectivity index (χ2n) is 25.5. The molecule has 0 spiro atoms. The number of carbonyl (C=O) groups excluding carboxylic acids is 6. The summed E-state index contributed by atoms with van der Waals surface area (Å²) in [5, 5.41) is 117. The lowest BCUT2D eigenvalue weighted by molar-refractivity contribution is 0.102. The Hall–Kier alpha value is -16.1. The van der Waals surface area contributed by atoms with Crippen LogP contribution in [0.25, 0.3) is 0 Å². The van der Waals surface area contributed by atoms with Crippen LogP contribution in [-0.4, -0.2) is 138 Å². The Bertz CT molecular complexity index is 5500. The van der Waals surface area contributed by atoms with Crippen LogP contribution >= 0.6 is 0 Å². The summed E-state index contributed by atoms with van der Waals surface area (Å²) in [6.45, 7) is 0. The average Bonchev–Trinajstić information content (AvgIpc) is 0.823. The highest BCUT2D eigenvalue weighted by molar-refractivity contribution is 6.18. The number of carbonyl (C=O) groups is 6. The van der Waals surface area contributed by atoms with Crippen LogP contribution in [0.15, 0.2) is 218 Å². The zero-order valence-corrected chi connectivity index (χ0v) is 62.1. The molecule has 0 aliphatic heterocycles. The number of hydrogen-bond donors (Lipinski definition) is 21. The first-order chi connectivity index (χ1) is 53.8. The van der Waals surface area contributed by atoms with Crippen molar-refractivity contribution in [3.63, 3.8) is 0 Å². The maximum Gasteiger partial charge on any atom is 0.202 e. The SMILES string of the molecule is CN(C)c1c(N)ccc(C(=O)c2ccccc2O)c1O.CN(C)c1cc(C(=O)c2ccccc2O)c(O)cc1N.CN(C)c1cc(N)cc(O)c1C(=O)c1ccccc1O.Nc1cc(N)c(C(=O)c2ccccc2O)c(O)c1.Nc1cc(O)c(C(=O)c2ccccc2O)cc1N.Nc1ccc(C(=O)c2ccccc2O)c(O)c1N. The van der Waals surface area contributed by atoms with E-state index in [1.165, 1.54) is 133 Å². The van der Waals surface area contributed by atoms with Gasteiger partial charge in [0.2, 0.25) is 34.7 Å². The molecule has 588 valence electrons. The van der Waals surface area contributed by atoms with Crippen LogP contribution in [0.1, 0.15) is 95.5 Å². The molecule has 0 aliphatic rings. The minimum atomic E-state index is -0.553. The third-order valence-corrected chi connectivity index (χ3v) is 16.8. The monoisotopic (exact) mass is 1550 g/mol. The Kier molecular flexibility index (Phi) is 27.7. The van der Waals surface area contributed by atoms with Crippen molar-refractivity contribution in [1.29, 1.82) is 0 Å². The van der Waals surface area contributed by atoms with E-state index in [-0.39, 0.29) is 170 Å². The van der Waals surface area contributed by atoms with Crippen molar-refractivity contribution in [3.05, 3.63) is 285 Å². The van der Waals surface area contributed by atoms with Crippen LogP contribution in [0.2, 0.25) is 0 Å². The molecule has 12 aromatic rings.